The van der Waals surface area contributed by atoms with Crippen LogP contribution in [0.25, 0.3) is 0 Å². The highest BCUT2D eigenvalue weighted by atomic mass is 16.8. The van der Waals surface area contributed by atoms with Crippen LogP contribution in [0.4, 0.5) is 0 Å². The highest BCUT2D eigenvalue weighted by Gasteiger charge is 2.53. The van der Waals surface area contributed by atoms with Gasteiger partial charge in [0.05, 0.1) is 38.6 Å². The Morgan fingerprint density at radius 3 is 1.30 bits per heavy atom. The zero-order valence-electron chi connectivity index (χ0n) is 52.0. The lowest BCUT2D eigenvalue weighted by atomic mass is 9.96. The average molecular weight is 1220 g/mol. The molecule has 0 spiro atoms. The Kier molecular flexibility index (Phi) is 43.8. The van der Waals surface area contributed by atoms with Gasteiger partial charge in [0.15, 0.2) is 18.9 Å². The van der Waals surface area contributed by atoms with Crippen molar-refractivity contribution in [2.75, 3.05) is 26.4 Å². The third kappa shape index (κ3) is 31.1. The van der Waals surface area contributed by atoms with Crippen LogP contribution >= 0.6 is 0 Å². The van der Waals surface area contributed by atoms with Crippen molar-refractivity contribution in [2.45, 2.75) is 304 Å². The normalized spacial score (nSPS) is 29.3. The number of rotatable bonds is 48. The van der Waals surface area contributed by atoms with Crippen LogP contribution in [-0.4, -0.2) is 193 Å². The molecule has 0 radical (unpaired) electrons. The summed E-state index contributed by atoms with van der Waals surface area (Å²) in [7, 11) is 0. The van der Waals surface area contributed by atoms with Crippen molar-refractivity contribution < 1.29 is 89.4 Å². The van der Waals surface area contributed by atoms with Gasteiger partial charge in [0.2, 0.25) is 5.91 Å². The summed E-state index contributed by atoms with van der Waals surface area (Å²) in [6.07, 6.45) is 34.1. The fourth-order valence-electron chi connectivity index (χ4n) is 10.6. The highest BCUT2D eigenvalue weighted by Crippen LogP contribution is 2.33. The number of carbonyl (C=O) groups is 1. The van der Waals surface area contributed by atoms with Crippen LogP contribution in [0, 0.1) is 0 Å². The summed E-state index contributed by atoms with van der Waals surface area (Å²) in [4.78, 5) is 13.4. The lowest BCUT2D eigenvalue weighted by molar-refractivity contribution is -0.379. The molecule has 3 saturated heterocycles. The molecule has 3 heterocycles. The Labute approximate surface area is 514 Å². The minimum atomic E-state index is -1.99. The third-order valence-corrected chi connectivity index (χ3v) is 15.9. The SMILES string of the molecule is CC/C=C\C/C=C\C/C=C\C/C=C\C/C=C\CCCCCCCC(=O)NC(COC1OC(CO)C(OC2OC(CO)C(OC3OC(CO)C(O)C(O)C3O)C(O)C2O)C(O)C1O)C(O)/C=C/CC/C=C/CCCCCCCCCCCCCCCC. The van der Waals surface area contributed by atoms with Crippen molar-refractivity contribution in [1.29, 1.82) is 0 Å². The molecule has 12 N–H and O–H groups in total. The minimum absolute atomic E-state index is 0.209. The maximum atomic E-state index is 13.4. The van der Waals surface area contributed by atoms with Gasteiger partial charge in [-0.15, -0.1) is 0 Å². The van der Waals surface area contributed by atoms with E-state index in [1.807, 2.05) is 6.08 Å². The number of hydrogen-bond acceptors (Lipinski definition) is 18. The molecule has 0 aromatic rings. The molecule has 1 amide bonds. The molecule has 0 saturated carbocycles. The lowest BCUT2D eigenvalue weighted by Gasteiger charge is -2.48. The third-order valence-electron chi connectivity index (χ3n) is 15.9. The Bertz CT molecular complexity index is 1890. The van der Waals surface area contributed by atoms with Crippen molar-refractivity contribution in [2.24, 2.45) is 0 Å². The number of ether oxygens (including phenoxy) is 6. The molecular weight excluding hydrogens is 1110 g/mol. The van der Waals surface area contributed by atoms with Gasteiger partial charge in [0, 0.05) is 6.42 Å². The molecule has 0 bridgehead atoms. The van der Waals surface area contributed by atoms with Crippen LogP contribution in [0.1, 0.15) is 200 Å². The summed E-state index contributed by atoms with van der Waals surface area (Å²) in [5, 5.41) is 120. The van der Waals surface area contributed by atoms with Crippen LogP contribution in [0.15, 0.2) is 85.1 Å². The Hall–Kier alpha value is -3.03. The van der Waals surface area contributed by atoms with Gasteiger partial charge >= 0.3 is 0 Å². The van der Waals surface area contributed by atoms with E-state index >= 15 is 0 Å². The Morgan fingerprint density at radius 2 is 0.814 bits per heavy atom. The number of hydrogen-bond donors (Lipinski definition) is 12. The first-order chi connectivity index (χ1) is 41.8. The molecule has 19 nitrogen and oxygen atoms in total. The van der Waals surface area contributed by atoms with Crippen molar-refractivity contribution in [3.63, 3.8) is 0 Å². The molecule has 0 aromatic heterocycles. The quantitative estimate of drug-likeness (QED) is 0.0207. The van der Waals surface area contributed by atoms with Crippen LogP contribution in [0.2, 0.25) is 0 Å². The van der Waals surface area contributed by atoms with Crippen LogP contribution < -0.4 is 5.32 Å². The maximum Gasteiger partial charge on any atom is 0.220 e. The summed E-state index contributed by atoms with van der Waals surface area (Å²) in [5.41, 5.74) is 0. The summed E-state index contributed by atoms with van der Waals surface area (Å²) in [6, 6.07) is -1.01. The van der Waals surface area contributed by atoms with Gasteiger partial charge in [-0.3, -0.25) is 4.79 Å². The molecule has 86 heavy (non-hydrogen) atoms. The first-order valence-electron chi connectivity index (χ1n) is 32.8. The number of unbranched alkanes of at least 4 members (excludes halogenated alkanes) is 20. The fourth-order valence-corrected chi connectivity index (χ4v) is 10.6. The predicted octanol–water partition coefficient (Wildman–Crippen LogP) is 7.54. The van der Waals surface area contributed by atoms with E-state index in [0.29, 0.717) is 12.8 Å². The van der Waals surface area contributed by atoms with Gasteiger partial charge in [-0.25, -0.2) is 0 Å². The monoisotopic (exact) mass is 1220 g/mol. The molecule has 3 aliphatic rings. The predicted molar refractivity (Wildman–Crippen MR) is 332 cm³/mol. The first-order valence-corrected chi connectivity index (χ1v) is 32.8. The maximum absolute atomic E-state index is 13.4. The molecule has 17 atom stereocenters. The van der Waals surface area contributed by atoms with Crippen LogP contribution in [-0.2, 0) is 33.2 Å². The summed E-state index contributed by atoms with van der Waals surface area (Å²) in [6.45, 7) is 1.57. The molecule has 3 aliphatic heterocycles. The van der Waals surface area contributed by atoms with Gasteiger partial charge in [-0.05, 0) is 77.0 Å². The topological polar surface area (TPSA) is 307 Å². The van der Waals surface area contributed by atoms with Crippen molar-refractivity contribution >= 4 is 5.91 Å². The van der Waals surface area contributed by atoms with E-state index < -0.39 is 124 Å². The van der Waals surface area contributed by atoms with Crippen LogP contribution in [0.5, 0.6) is 0 Å². The largest absolute Gasteiger partial charge is 0.394 e. The second kappa shape index (κ2) is 48.8. The van der Waals surface area contributed by atoms with Gasteiger partial charge in [0.1, 0.15) is 73.2 Å². The van der Waals surface area contributed by atoms with Gasteiger partial charge in [0.25, 0.3) is 0 Å². The highest BCUT2D eigenvalue weighted by molar-refractivity contribution is 5.76. The smallest absolute Gasteiger partial charge is 0.220 e. The van der Waals surface area contributed by atoms with Gasteiger partial charge in [-0.2, -0.15) is 0 Å². The standard InChI is InChI=1S/C67H115NO18/c1-3-5-7-9-11-13-15-17-19-21-23-25-27-29-31-33-35-37-39-41-43-45-55(73)68-50(51(72)44-42-40-38-36-34-32-30-28-26-24-22-20-18-16-14-12-10-8-6-4-2)49-81-65-61(79)58(76)63(53(47-70)83-65)86-67-62(80)59(77)64(54(48-71)84-67)85-66-60(78)57(75)56(74)52(46-69)82-66/h5,7,11,13,17,19,23,25,29,31,34,36,42,44,50-54,56-67,69-72,74-80H,3-4,6,8-10,12,14-16,18,20-22,24,26-28,30,32-33,35,37-41,43,45-49H2,1-2H3,(H,68,73)/b7-5-,13-11-,19-17-,25-23-,31-29-,36-34+,44-42+. The van der Waals surface area contributed by atoms with Gasteiger partial charge < -0.3 is 89.9 Å². The Balaban J connectivity index is 1.49. The summed E-state index contributed by atoms with van der Waals surface area (Å²) < 4.78 is 34.3. The van der Waals surface area contributed by atoms with E-state index in [9.17, 15) is 61.0 Å². The number of nitrogens with one attached hydrogen (secondary N) is 1. The molecule has 3 fully saturated rings. The summed E-state index contributed by atoms with van der Waals surface area (Å²) >= 11 is 0. The summed E-state index contributed by atoms with van der Waals surface area (Å²) in [5.74, 6) is -0.307. The molecule has 0 aliphatic carbocycles. The molecule has 3 rings (SSSR count). The van der Waals surface area contributed by atoms with E-state index in [0.717, 1.165) is 83.5 Å². The average Bonchev–Trinajstić information content (AvgIpc) is 2.21. The van der Waals surface area contributed by atoms with Gasteiger partial charge in [-0.1, -0.05) is 202 Å². The molecule has 496 valence electrons. The zero-order chi connectivity index (χ0) is 62.6. The lowest BCUT2D eigenvalue weighted by Crippen LogP contribution is -2.66. The first kappa shape index (κ1) is 77.2. The number of allylic oxidation sites excluding steroid dienone is 13. The van der Waals surface area contributed by atoms with E-state index in [1.165, 1.54) is 83.5 Å². The molecule has 17 unspecified atom stereocenters. The Morgan fingerprint density at radius 1 is 0.430 bits per heavy atom. The molecule has 0 aromatic carbocycles. The van der Waals surface area contributed by atoms with E-state index in [-0.39, 0.29) is 18.9 Å². The van der Waals surface area contributed by atoms with Crippen molar-refractivity contribution in [3.05, 3.63) is 85.1 Å². The van der Waals surface area contributed by atoms with Crippen molar-refractivity contribution in [3.8, 4) is 0 Å². The zero-order valence-corrected chi connectivity index (χ0v) is 52.0. The van der Waals surface area contributed by atoms with E-state index in [2.05, 4.69) is 92.1 Å². The number of amides is 1. The minimum Gasteiger partial charge on any atom is -0.394 e. The fraction of sp³-hybridized carbons (Fsp3) is 0.776. The van der Waals surface area contributed by atoms with E-state index in [4.69, 9.17) is 28.4 Å². The molecular formula is C67H115NO18. The van der Waals surface area contributed by atoms with Crippen LogP contribution in [0.3, 0.4) is 0 Å². The number of aliphatic hydroxyl groups is 11. The number of carbonyl (C=O) groups excluding carboxylic acids is 1. The second-order valence-electron chi connectivity index (χ2n) is 23.2. The number of aliphatic hydroxyl groups excluding tert-OH is 11. The molecule has 19 heteroatoms. The van der Waals surface area contributed by atoms with Crippen molar-refractivity contribution in [1.82, 2.24) is 5.32 Å². The second-order valence-corrected chi connectivity index (χ2v) is 23.2. The van der Waals surface area contributed by atoms with E-state index in [1.54, 1.807) is 6.08 Å².